The molecule has 0 unspecified atom stereocenters. The van der Waals surface area contributed by atoms with E-state index in [4.69, 9.17) is 0 Å². The Balaban J connectivity index is 1.92. The summed E-state index contributed by atoms with van der Waals surface area (Å²) >= 11 is 0. The molecule has 0 heterocycles. The highest BCUT2D eigenvalue weighted by Crippen LogP contribution is 2.22. The number of amides is 1. The van der Waals surface area contributed by atoms with E-state index in [-0.39, 0.29) is 11.5 Å². The average molecular weight is 275 g/mol. The van der Waals surface area contributed by atoms with Gasteiger partial charge in [0.2, 0.25) is 0 Å². The molecular formula is C16H15F2NO. The Kier molecular flexibility index (Phi) is 4.82. The van der Waals surface area contributed by atoms with Gasteiger partial charge in [-0.1, -0.05) is 42.5 Å². The first-order valence-electron chi connectivity index (χ1n) is 6.37. The molecule has 1 N–H and O–H groups in total. The summed E-state index contributed by atoms with van der Waals surface area (Å²) in [6.45, 7) is 0.331. The molecular weight excluding hydrogens is 260 g/mol. The molecule has 2 aromatic carbocycles. The normalized spacial score (nSPS) is 10.6. The minimum atomic E-state index is -2.49. The van der Waals surface area contributed by atoms with Gasteiger partial charge in [0, 0.05) is 17.7 Å². The van der Waals surface area contributed by atoms with E-state index in [1.807, 2.05) is 6.07 Å². The Hall–Kier alpha value is -2.23. The quantitative estimate of drug-likeness (QED) is 0.887. The van der Waals surface area contributed by atoms with E-state index in [2.05, 4.69) is 5.32 Å². The number of benzene rings is 2. The summed E-state index contributed by atoms with van der Waals surface area (Å²) in [5.41, 5.74) is 1.16. The molecule has 0 atom stereocenters. The summed E-state index contributed by atoms with van der Waals surface area (Å²) in [6.07, 6.45) is -2.10. The molecule has 1 amide bonds. The highest BCUT2D eigenvalue weighted by molar-refractivity contribution is 5.94. The van der Waals surface area contributed by atoms with Crippen molar-refractivity contribution in [3.63, 3.8) is 0 Å². The van der Waals surface area contributed by atoms with Crippen molar-refractivity contribution >= 4 is 5.91 Å². The molecule has 104 valence electrons. The molecule has 2 aromatic rings. The Labute approximate surface area is 116 Å². The van der Waals surface area contributed by atoms with Gasteiger partial charge in [0.1, 0.15) is 0 Å². The molecule has 0 fully saturated rings. The van der Waals surface area contributed by atoms with Crippen LogP contribution in [-0.4, -0.2) is 12.5 Å². The van der Waals surface area contributed by atoms with Crippen LogP contribution in [0.3, 0.4) is 0 Å². The van der Waals surface area contributed by atoms with Crippen LogP contribution in [0.4, 0.5) is 8.78 Å². The molecule has 20 heavy (non-hydrogen) atoms. The number of alkyl halides is 2. The van der Waals surface area contributed by atoms with Crippen LogP contribution < -0.4 is 5.32 Å². The predicted octanol–water partition coefficient (Wildman–Crippen LogP) is 3.60. The zero-order valence-electron chi connectivity index (χ0n) is 10.9. The van der Waals surface area contributed by atoms with Crippen LogP contribution in [-0.2, 0) is 6.42 Å². The van der Waals surface area contributed by atoms with Gasteiger partial charge in [0.15, 0.2) is 0 Å². The number of carbonyl (C=O) groups excluding carboxylic acids is 1. The fourth-order valence-corrected chi connectivity index (χ4v) is 1.98. The van der Waals surface area contributed by atoms with E-state index in [0.717, 1.165) is 0 Å². The maximum Gasteiger partial charge on any atom is 0.264 e. The van der Waals surface area contributed by atoms with Gasteiger partial charge in [-0.05, 0) is 24.1 Å². The number of nitrogens with one attached hydrogen (secondary N) is 1. The van der Waals surface area contributed by atoms with Crippen molar-refractivity contribution in [2.45, 2.75) is 12.8 Å². The first-order chi connectivity index (χ1) is 9.68. The lowest BCUT2D eigenvalue weighted by Crippen LogP contribution is -2.25. The van der Waals surface area contributed by atoms with E-state index in [1.54, 1.807) is 42.5 Å². The molecule has 0 aliphatic carbocycles. The van der Waals surface area contributed by atoms with Crippen molar-refractivity contribution in [2.75, 3.05) is 6.54 Å². The van der Waals surface area contributed by atoms with Crippen LogP contribution >= 0.6 is 0 Å². The molecule has 2 nitrogen and oxygen atoms in total. The Morgan fingerprint density at radius 1 is 1.00 bits per heavy atom. The molecule has 0 bridgehead atoms. The SMILES string of the molecule is O=C(NCCc1ccccc1C(F)F)c1ccccc1. The van der Waals surface area contributed by atoms with Crippen molar-refractivity contribution in [3.8, 4) is 0 Å². The van der Waals surface area contributed by atoms with Crippen molar-refractivity contribution < 1.29 is 13.6 Å². The molecule has 4 heteroatoms. The molecule has 0 radical (unpaired) electrons. The Morgan fingerprint density at radius 2 is 1.65 bits per heavy atom. The maximum atomic E-state index is 12.8. The summed E-state index contributed by atoms with van der Waals surface area (Å²) in [5.74, 6) is -0.194. The van der Waals surface area contributed by atoms with Crippen LogP contribution in [0, 0.1) is 0 Å². The number of hydrogen-bond acceptors (Lipinski definition) is 1. The van der Waals surface area contributed by atoms with E-state index in [1.165, 1.54) is 6.07 Å². The standard InChI is InChI=1S/C16H15F2NO/c17-15(18)14-9-5-4-6-12(14)10-11-19-16(20)13-7-2-1-3-8-13/h1-9,15H,10-11H2,(H,19,20). The Morgan fingerprint density at radius 3 is 2.35 bits per heavy atom. The summed E-state index contributed by atoms with van der Waals surface area (Å²) in [7, 11) is 0. The van der Waals surface area contributed by atoms with Gasteiger partial charge in [-0.15, -0.1) is 0 Å². The lowest BCUT2D eigenvalue weighted by atomic mass is 10.0. The van der Waals surface area contributed by atoms with Crippen LogP contribution in [0.1, 0.15) is 27.9 Å². The highest BCUT2D eigenvalue weighted by atomic mass is 19.3. The molecule has 0 aromatic heterocycles. The topological polar surface area (TPSA) is 29.1 Å². The van der Waals surface area contributed by atoms with Gasteiger partial charge in [-0.2, -0.15) is 0 Å². The monoisotopic (exact) mass is 275 g/mol. The second kappa shape index (κ2) is 6.80. The predicted molar refractivity (Wildman–Crippen MR) is 73.9 cm³/mol. The molecule has 0 saturated carbocycles. The zero-order valence-corrected chi connectivity index (χ0v) is 10.9. The Bertz CT molecular complexity index is 570. The third-order valence-electron chi connectivity index (χ3n) is 3.01. The van der Waals surface area contributed by atoms with Crippen molar-refractivity contribution in [3.05, 3.63) is 71.3 Å². The number of carbonyl (C=O) groups is 1. The van der Waals surface area contributed by atoms with Gasteiger partial charge in [-0.25, -0.2) is 8.78 Å². The average Bonchev–Trinajstić information content (AvgIpc) is 2.48. The summed E-state index contributed by atoms with van der Waals surface area (Å²) in [5, 5.41) is 2.73. The molecule has 2 rings (SSSR count). The number of rotatable bonds is 5. The minimum absolute atomic E-state index is 0.0291. The first-order valence-corrected chi connectivity index (χ1v) is 6.37. The number of halogens is 2. The van der Waals surface area contributed by atoms with Crippen LogP contribution in [0.5, 0.6) is 0 Å². The zero-order chi connectivity index (χ0) is 14.4. The van der Waals surface area contributed by atoms with Crippen molar-refractivity contribution in [1.82, 2.24) is 5.32 Å². The van der Waals surface area contributed by atoms with E-state index in [0.29, 0.717) is 24.1 Å². The third kappa shape index (κ3) is 3.63. The maximum absolute atomic E-state index is 12.8. The molecule has 0 saturated heterocycles. The first kappa shape index (κ1) is 14.2. The van der Waals surface area contributed by atoms with Crippen LogP contribution in [0.25, 0.3) is 0 Å². The fourth-order valence-electron chi connectivity index (χ4n) is 1.98. The lowest BCUT2D eigenvalue weighted by molar-refractivity contribution is 0.0954. The largest absolute Gasteiger partial charge is 0.352 e. The van der Waals surface area contributed by atoms with Crippen molar-refractivity contribution in [2.24, 2.45) is 0 Å². The second-order valence-electron chi connectivity index (χ2n) is 4.37. The molecule has 0 aliphatic rings. The molecule has 0 spiro atoms. The summed E-state index contributed by atoms with van der Waals surface area (Å²) < 4.78 is 25.6. The second-order valence-corrected chi connectivity index (χ2v) is 4.37. The summed E-state index contributed by atoms with van der Waals surface area (Å²) in [6, 6.07) is 15.2. The lowest BCUT2D eigenvalue weighted by Gasteiger charge is -2.09. The fraction of sp³-hybridized carbons (Fsp3) is 0.188. The molecule has 0 aliphatic heterocycles. The third-order valence-corrected chi connectivity index (χ3v) is 3.01. The van der Waals surface area contributed by atoms with E-state index in [9.17, 15) is 13.6 Å². The van der Waals surface area contributed by atoms with Crippen molar-refractivity contribution in [1.29, 1.82) is 0 Å². The highest BCUT2D eigenvalue weighted by Gasteiger charge is 2.12. The van der Waals surface area contributed by atoms with Gasteiger partial charge in [0.05, 0.1) is 0 Å². The van der Waals surface area contributed by atoms with E-state index >= 15 is 0 Å². The van der Waals surface area contributed by atoms with Crippen LogP contribution in [0.15, 0.2) is 54.6 Å². The smallest absolute Gasteiger partial charge is 0.264 e. The van der Waals surface area contributed by atoms with Gasteiger partial charge in [-0.3, -0.25) is 4.79 Å². The van der Waals surface area contributed by atoms with E-state index < -0.39 is 6.43 Å². The van der Waals surface area contributed by atoms with Crippen LogP contribution in [0.2, 0.25) is 0 Å². The number of hydrogen-bond donors (Lipinski definition) is 1. The van der Waals surface area contributed by atoms with Gasteiger partial charge >= 0.3 is 0 Å². The van der Waals surface area contributed by atoms with Gasteiger partial charge in [0.25, 0.3) is 12.3 Å². The summed E-state index contributed by atoms with van der Waals surface area (Å²) in [4.78, 5) is 11.8. The minimum Gasteiger partial charge on any atom is -0.352 e. The van der Waals surface area contributed by atoms with Gasteiger partial charge < -0.3 is 5.32 Å².